The van der Waals surface area contributed by atoms with Crippen molar-refractivity contribution >= 4 is 21.8 Å². The fraction of sp³-hybridized carbons (Fsp3) is 0.353. The van der Waals surface area contributed by atoms with Gasteiger partial charge in [-0.15, -0.1) is 4.40 Å². The molecule has 2 aliphatic rings. The van der Waals surface area contributed by atoms with Gasteiger partial charge in [0.1, 0.15) is 10.6 Å². The van der Waals surface area contributed by atoms with E-state index in [1.54, 1.807) is 42.2 Å². The molecule has 1 fully saturated rings. The number of nitrogens with zero attached hydrogens (tertiary/aromatic N) is 4. The number of hydrogen-bond donors (Lipinski definition) is 1. The highest BCUT2D eigenvalue weighted by molar-refractivity contribution is 7.90. The van der Waals surface area contributed by atoms with Crippen LogP contribution in [0.3, 0.4) is 0 Å². The third-order valence-electron chi connectivity index (χ3n) is 4.69. The van der Waals surface area contributed by atoms with Crippen molar-refractivity contribution in [3.63, 3.8) is 0 Å². The molecule has 1 saturated heterocycles. The van der Waals surface area contributed by atoms with Gasteiger partial charge >= 0.3 is 0 Å². The van der Waals surface area contributed by atoms with Crippen molar-refractivity contribution in [1.82, 2.24) is 20.0 Å². The topological polar surface area (TPSA) is 96.7 Å². The monoisotopic (exact) mass is 373 g/mol. The largest absolute Gasteiger partial charge is 0.355 e. The van der Waals surface area contributed by atoms with Crippen LogP contribution in [0.4, 0.5) is 0 Å². The highest BCUT2D eigenvalue weighted by atomic mass is 32.2. The summed E-state index contributed by atoms with van der Waals surface area (Å²) in [5.74, 6) is 0.324. The minimum Gasteiger partial charge on any atom is -0.355 e. The minimum atomic E-state index is -3.60. The SMILES string of the molecule is Cn1ccc(C(=O)NC2CCN(C3=NS(=O)(=O)c4ccccc43)CC2)n1. The first-order chi connectivity index (χ1) is 12.4. The van der Waals surface area contributed by atoms with Crippen LogP contribution in [0, 0.1) is 0 Å². The molecule has 0 bridgehead atoms. The lowest BCUT2D eigenvalue weighted by molar-refractivity contribution is 0.0916. The number of amidine groups is 1. The van der Waals surface area contributed by atoms with Gasteiger partial charge in [0.15, 0.2) is 5.84 Å². The molecule has 0 aliphatic carbocycles. The number of amides is 1. The van der Waals surface area contributed by atoms with Crippen LogP contribution in [-0.4, -0.2) is 54.0 Å². The quantitative estimate of drug-likeness (QED) is 0.838. The van der Waals surface area contributed by atoms with Crippen molar-refractivity contribution in [1.29, 1.82) is 0 Å². The number of piperidine rings is 1. The van der Waals surface area contributed by atoms with E-state index in [9.17, 15) is 13.2 Å². The Labute approximate surface area is 151 Å². The number of carbonyl (C=O) groups is 1. The predicted molar refractivity (Wildman–Crippen MR) is 95.4 cm³/mol. The van der Waals surface area contributed by atoms with E-state index < -0.39 is 10.0 Å². The third kappa shape index (κ3) is 2.98. The van der Waals surface area contributed by atoms with Crippen LogP contribution in [0.1, 0.15) is 28.9 Å². The highest BCUT2D eigenvalue weighted by Gasteiger charge is 2.33. The molecular weight excluding hydrogens is 354 g/mol. The summed E-state index contributed by atoms with van der Waals surface area (Å²) in [5.41, 5.74) is 1.05. The van der Waals surface area contributed by atoms with Crippen LogP contribution >= 0.6 is 0 Å². The lowest BCUT2D eigenvalue weighted by atomic mass is 10.0. The van der Waals surface area contributed by atoms with Crippen LogP contribution in [0.5, 0.6) is 0 Å². The van der Waals surface area contributed by atoms with Gasteiger partial charge in [0.2, 0.25) is 0 Å². The van der Waals surface area contributed by atoms with E-state index in [4.69, 9.17) is 0 Å². The summed E-state index contributed by atoms with van der Waals surface area (Å²) in [6.45, 7) is 1.27. The normalized spacial score (nSPS) is 19.1. The van der Waals surface area contributed by atoms with Crippen molar-refractivity contribution in [2.45, 2.75) is 23.8 Å². The van der Waals surface area contributed by atoms with Crippen molar-refractivity contribution in [3.05, 3.63) is 47.8 Å². The van der Waals surface area contributed by atoms with Gasteiger partial charge in [0, 0.05) is 37.9 Å². The summed E-state index contributed by atoms with van der Waals surface area (Å²) in [7, 11) is -1.84. The molecule has 9 heteroatoms. The van der Waals surface area contributed by atoms with Crippen LogP contribution in [-0.2, 0) is 17.1 Å². The van der Waals surface area contributed by atoms with Gasteiger partial charge in [0.05, 0.1) is 0 Å². The van der Waals surface area contributed by atoms with E-state index in [1.165, 1.54) is 0 Å². The van der Waals surface area contributed by atoms with Crippen LogP contribution < -0.4 is 5.32 Å². The molecule has 2 aromatic rings. The molecule has 0 saturated carbocycles. The van der Waals surface area contributed by atoms with Gasteiger partial charge in [-0.05, 0) is 31.0 Å². The second-order valence-electron chi connectivity index (χ2n) is 6.50. The van der Waals surface area contributed by atoms with Crippen LogP contribution in [0.15, 0.2) is 45.8 Å². The van der Waals surface area contributed by atoms with Crippen LogP contribution in [0.2, 0.25) is 0 Å². The van der Waals surface area contributed by atoms with Crippen molar-refractivity contribution < 1.29 is 13.2 Å². The summed E-state index contributed by atoms with van der Waals surface area (Å²) in [6, 6.07) is 8.60. The fourth-order valence-electron chi connectivity index (χ4n) is 3.35. The summed E-state index contributed by atoms with van der Waals surface area (Å²) in [6.07, 6.45) is 3.17. The molecule has 26 heavy (non-hydrogen) atoms. The minimum absolute atomic E-state index is 0.0367. The Balaban J connectivity index is 1.42. The molecule has 1 aromatic carbocycles. The summed E-state index contributed by atoms with van der Waals surface area (Å²) < 4.78 is 29.9. The Bertz CT molecular complexity index is 987. The molecule has 0 unspecified atom stereocenters. The summed E-state index contributed by atoms with van der Waals surface area (Å²) in [5, 5.41) is 7.10. The number of aryl methyl sites for hydroxylation is 1. The van der Waals surface area contributed by atoms with E-state index in [1.807, 2.05) is 11.0 Å². The zero-order chi connectivity index (χ0) is 18.3. The average Bonchev–Trinajstić information content (AvgIpc) is 3.18. The predicted octanol–water partition coefficient (Wildman–Crippen LogP) is 0.763. The average molecular weight is 373 g/mol. The Morgan fingerprint density at radius 3 is 2.62 bits per heavy atom. The van der Waals surface area contributed by atoms with Gasteiger partial charge < -0.3 is 10.2 Å². The Morgan fingerprint density at radius 2 is 1.92 bits per heavy atom. The van der Waals surface area contributed by atoms with Gasteiger partial charge in [-0.25, -0.2) is 0 Å². The number of aromatic nitrogens is 2. The number of benzene rings is 1. The molecule has 1 amide bonds. The van der Waals surface area contributed by atoms with E-state index in [-0.39, 0.29) is 16.8 Å². The summed E-state index contributed by atoms with van der Waals surface area (Å²) >= 11 is 0. The van der Waals surface area contributed by atoms with E-state index in [2.05, 4.69) is 14.8 Å². The molecule has 0 atom stereocenters. The maximum Gasteiger partial charge on any atom is 0.285 e. The maximum atomic E-state index is 12.2. The molecular formula is C17H19N5O3S. The van der Waals surface area contributed by atoms with Gasteiger partial charge in [-0.2, -0.15) is 13.5 Å². The number of rotatable bonds is 2. The number of fused-ring (bicyclic) bond motifs is 1. The molecule has 8 nitrogen and oxygen atoms in total. The lowest BCUT2D eigenvalue weighted by Crippen LogP contribution is -2.46. The molecule has 3 heterocycles. The molecule has 136 valence electrons. The molecule has 2 aliphatic heterocycles. The van der Waals surface area contributed by atoms with Crippen molar-refractivity contribution in [2.24, 2.45) is 11.4 Å². The lowest BCUT2D eigenvalue weighted by Gasteiger charge is -2.33. The fourth-order valence-corrected chi connectivity index (χ4v) is 4.58. The van der Waals surface area contributed by atoms with Crippen molar-refractivity contribution in [2.75, 3.05) is 13.1 Å². The summed E-state index contributed by atoms with van der Waals surface area (Å²) in [4.78, 5) is 14.5. The molecule has 4 rings (SSSR count). The Hall–Kier alpha value is -2.68. The van der Waals surface area contributed by atoms with E-state index in [0.717, 1.165) is 12.8 Å². The molecule has 0 spiro atoms. The zero-order valence-electron chi connectivity index (χ0n) is 14.3. The number of carbonyl (C=O) groups excluding carboxylic acids is 1. The first-order valence-electron chi connectivity index (χ1n) is 8.44. The second kappa shape index (κ2) is 6.24. The van der Waals surface area contributed by atoms with Gasteiger partial charge in [0.25, 0.3) is 15.9 Å². The first kappa shape index (κ1) is 16.8. The molecule has 1 aromatic heterocycles. The third-order valence-corrected chi connectivity index (χ3v) is 6.01. The number of nitrogens with one attached hydrogen (secondary N) is 1. The van der Waals surface area contributed by atoms with Gasteiger partial charge in [-0.3, -0.25) is 9.48 Å². The number of sulfonamides is 1. The Morgan fingerprint density at radius 1 is 1.19 bits per heavy atom. The van der Waals surface area contributed by atoms with Crippen LogP contribution in [0.25, 0.3) is 0 Å². The maximum absolute atomic E-state index is 12.2. The molecule has 1 N–H and O–H groups in total. The smallest absolute Gasteiger partial charge is 0.285 e. The number of hydrogen-bond acceptors (Lipinski definition) is 5. The molecule has 0 radical (unpaired) electrons. The second-order valence-corrected chi connectivity index (χ2v) is 8.07. The van der Waals surface area contributed by atoms with E-state index in [0.29, 0.717) is 30.2 Å². The Kier molecular flexibility index (Phi) is 4.03. The van der Waals surface area contributed by atoms with Gasteiger partial charge in [-0.1, -0.05) is 12.1 Å². The zero-order valence-corrected chi connectivity index (χ0v) is 15.1. The number of likely N-dealkylation sites (tertiary alicyclic amines) is 1. The standard InChI is InChI=1S/C17H19N5O3S/c1-21-9-8-14(19-21)17(23)18-12-6-10-22(11-7-12)16-13-4-2-3-5-15(13)26(24,25)20-16/h2-5,8-9,12H,6-7,10-11H2,1H3,(H,18,23). The van der Waals surface area contributed by atoms with E-state index >= 15 is 0 Å². The van der Waals surface area contributed by atoms with Crippen molar-refractivity contribution in [3.8, 4) is 0 Å². The first-order valence-corrected chi connectivity index (χ1v) is 9.88. The highest BCUT2D eigenvalue weighted by Crippen LogP contribution is 2.28.